The van der Waals surface area contributed by atoms with Crippen molar-refractivity contribution in [1.29, 1.82) is 0 Å². The fourth-order valence-electron chi connectivity index (χ4n) is 2.70. The number of rotatable bonds is 4. The second-order valence-corrected chi connectivity index (χ2v) is 7.53. The number of anilines is 1. The molecule has 0 radical (unpaired) electrons. The number of nitrogens with one attached hydrogen (secondary N) is 2. The number of carbonyl (C=O) groups is 1. The van der Waals surface area contributed by atoms with E-state index in [0.29, 0.717) is 16.5 Å². The maximum absolute atomic E-state index is 12.2. The van der Waals surface area contributed by atoms with Crippen LogP contribution in [0.25, 0.3) is 0 Å². The molecule has 1 amide bonds. The Morgan fingerprint density at radius 2 is 2.05 bits per heavy atom. The van der Waals surface area contributed by atoms with Gasteiger partial charge in [0.2, 0.25) is 0 Å². The number of benzene rings is 1. The third kappa shape index (κ3) is 4.01. The summed E-state index contributed by atoms with van der Waals surface area (Å²) in [6, 6.07) is 5.60. The predicted molar refractivity (Wildman–Crippen MR) is 88.5 cm³/mol. The zero-order chi connectivity index (χ0) is 16.3. The second-order valence-electron chi connectivity index (χ2n) is 6.22. The molecule has 0 aliphatic carbocycles. The van der Waals surface area contributed by atoms with Gasteiger partial charge in [0, 0.05) is 5.56 Å². The van der Waals surface area contributed by atoms with Crippen molar-refractivity contribution in [3.63, 3.8) is 0 Å². The van der Waals surface area contributed by atoms with E-state index in [-0.39, 0.29) is 0 Å². The summed E-state index contributed by atoms with van der Waals surface area (Å²) in [5, 5.41) is 15.8. The van der Waals surface area contributed by atoms with E-state index in [2.05, 4.69) is 10.6 Å². The maximum atomic E-state index is 12.2. The molecule has 1 aromatic carbocycles. The molecule has 5 nitrogen and oxygen atoms in total. The molecule has 1 unspecified atom stereocenters. The zero-order valence-corrected chi connectivity index (χ0v) is 14.1. The maximum Gasteiger partial charge on any atom is 0.255 e. The summed E-state index contributed by atoms with van der Waals surface area (Å²) in [6.07, 6.45) is 3.61. The van der Waals surface area contributed by atoms with Gasteiger partial charge >= 0.3 is 0 Å². The molecule has 0 aromatic heterocycles. The van der Waals surface area contributed by atoms with E-state index in [4.69, 9.17) is 0 Å². The van der Waals surface area contributed by atoms with Gasteiger partial charge in [0.25, 0.3) is 5.91 Å². The minimum atomic E-state index is -1.47. The summed E-state index contributed by atoms with van der Waals surface area (Å²) in [6.45, 7) is 4.75. The monoisotopic (exact) mass is 324 g/mol. The molecular weight excluding hydrogens is 300 g/mol. The standard InChI is InChI=1S/C16H24N2O3S/c1-16(2,20)15(19)18-13-6-4-5-12(14(13)22(3)21)11-7-9-17-10-8-11/h4-6,11,17,20H,7-10H2,1-3H3,(H,18,19). The quantitative estimate of drug-likeness (QED) is 0.735. The highest BCUT2D eigenvalue weighted by molar-refractivity contribution is 7.91. The van der Waals surface area contributed by atoms with Crippen LogP contribution in [-0.4, -0.2) is 40.5 Å². The van der Waals surface area contributed by atoms with E-state index in [9.17, 15) is 14.5 Å². The second kappa shape index (κ2) is 7.00. The van der Waals surface area contributed by atoms with Gasteiger partial charge in [-0.15, -0.1) is 0 Å². The molecule has 1 aliphatic rings. The molecule has 1 aliphatic heterocycles. The zero-order valence-electron chi connectivity index (χ0n) is 13.3. The van der Waals surface area contributed by atoms with Gasteiger partial charge in [-0.25, -0.2) is 0 Å². The molecule has 1 saturated heterocycles. The van der Waals surface area contributed by atoms with Crippen LogP contribution in [0.15, 0.2) is 23.1 Å². The highest BCUT2D eigenvalue weighted by Gasteiger charge is 2.29. The summed E-state index contributed by atoms with van der Waals surface area (Å²) in [5.74, 6) is -0.152. The lowest BCUT2D eigenvalue weighted by Crippen LogP contribution is -2.37. The van der Waals surface area contributed by atoms with Crippen LogP contribution in [-0.2, 0) is 16.0 Å². The van der Waals surface area contributed by atoms with Crippen LogP contribution in [0.1, 0.15) is 38.2 Å². The van der Waals surface area contributed by atoms with Gasteiger partial charge in [-0.1, -0.05) is 12.1 Å². The normalized spacial score (nSPS) is 18.0. The smallest absolute Gasteiger partial charge is 0.255 e. The van der Waals surface area contributed by atoms with E-state index in [1.807, 2.05) is 12.1 Å². The van der Waals surface area contributed by atoms with Gasteiger partial charge in [-0.2, -0.15) is 0 Å². The van der Waals surface area contributed by atoms with Gasteiger partial charge in [-0.3, -0.25) is 4.79 Å². The molecule has 22 heavy (non-hydrogen) atoms. The fraction of sp³-hybridized carbons (Fsp3) is 0.562. The van der Waals surface area contributed by atoms with Crippen molar-refractivity contribution >= 4 is 22.8 Å². The highest BCUT2D eigenvalue weighted by atomic mass is 32.2. The number of aliphatic hydroxyl groups is 1. The van der Waals surface area contributed by atoms with E-state index in [1.165, 1.54) is 13.8 Å². The Hall–Kier alpha value is -1.08. The first kappa shape index (κ1) is 17.3. The number of hydrogen-bond acceptors (Lipinski definition) is 4. The van der Waals surface area contributed by atoms with Crippen LogP contribution < -0.4 is 10.6 Å². The molecule has 6 heteroatoms. The van der Waals surface area contributed by atoms with Gasteiger partial charge < -0.3 is 20.3 Å². The first-order valence-corrected chi connectivity index (χ1v) is 9.07. The van der Waals surface area contributed by atoms with E-state index >= 15 is 0 Å². The molecular formula is C16H24N2O3S. The SMILES string of the molecule is C[S+]([O-])c1c(NC(=O)C(C)(C)O)cccc1C1CCNCC1. The Morgan fingerprint density at radius 3 is 2.59 bits per heavy atom. The molecule has 2 rings (SSSR count). The van der Waals surface area contributed by atoms with Crippen molar-refractivity contribution < 1.29 is 14.5 Å². The average molecular weight is 324 g/mol. The lowest BCUT2D eigenvalue weighted by atomic mass is 9.90. The van der Waals surface area contributed by atoms with Gasteiger partial charge in [0.15, 0.2) is 4.90 Å². The lowest BCUT2D eigenvalue weighted by Gasteiger charge is -2.26. The number of carbonyl (C=O) groups excluding carboxylic acids is 1. The molecule has 3 N–H and O–H groups in total. The fourth-order valence-corrected chi connectivity index (χ4v) is 3.70. The molecule has 0 saturated carbocycles. The van der Waals surface area contributed by atoms with E-state index in [0.717, 1.165) is 31.5 Å². The summed E-state index contributed by atoms with van der Waals surface area (Å²) in [7, 11) is 0. The number of piperidine rings is 1. The average Bonchev–Trinajstić information content (AvgIpc) is 2.46. The molecule has 122 valence electrons. The van der Waals surface area contributed by atoms with Gasteiger partial charge in [-0.05, 0) is 62.9 Å². The van der Waals surface area contributed by atoms with Crippen molar-refractivity contribution in [2.75, 3.05) is 24.7 Å². The molecule has 1 fully saturated rings. The Kier molecular flexibility index (Phi) is 5.50. The van der Waals surface area contributed by atoms with E-state index in [1.54, 1.807) is 12.3 Å². The van der Waals surface area contributed by atoms with Crippen LogP contribution in [0, 0.1) is 0 Å². The van der Waals surface area contributed by atoms with E-state index < -0.39 is 22.7 Å². The first-order valence-electron chi connectivity index (χ1n) is 7.51. The molecule has 1 heterocycles. The summed E-state index contributed by atoms with van der Waals surface area (Å²) < 4.78 is 12.2. The third-order valence-electron chi connectivity index (χ3n) is 3.92. The minimum Gasteiger partial charge on any atom is -0.612 e. The number of amides is 1. The molecule has 0 spiro atoms. The molecule has 1 atom stereocenters. The third-order valence-corrected chi connectivity index (χ3v) is 4.95. The Labute approximate surface area is 134 Å². The lowest BCUT2D eigenvalue weighted by molar-refractivity contribution is -0.130. The highest BCUT2D eigenvalue weighted by Crippen LogP contribution is 2.35. The van der Waals surface area contributed by atoms with Crippen LogP contribution in [0.2, 0.25) is 0 Å². The molecule has 0 bridgehead atoms. The summed E-state index contributed by atoms with van der Waals surface area (Å²) in [4.78, 5) is 12.7. The van der Waals surface area contributed by atoms with Crippen LogP contribution in [0.4, 0.5) is 5.69 Å². The predicted octanol–water partition coefficient (Wildman–Crippen LogP) is 1.60. The largest absolute Gasteiger partial charge is 0.612 e. The Morgan fingerprint density at radius 1 is 1.41 bits per heavy atom. The number of hydrogen-bond donors (Lipinski definition) is 3. The van der Waals surface area contributed by atoms with Crippen LogP contribution >= 0.6 is 0 Å². The van der Waals surface area contributed by atoms with Crippen molar-refractivity contribution in [2.24, 2.45) is 0 Å². The van der Waals surface area contributed by atoms with Gasteiger partial charge in [0.05, 0.1) is 5.69 Å². The van der Waals surface area contributed by atoms with Gasteiger partial charge in [0.1, 0.15) is 11.9 Å². The van der Waals surface area contributed by atoms with Crippen LogP contribution in [0.5, 0.6) is 0 Å². The van der Waals surface area contributed by atoms with Crippen molar-refractivity contribution in [3.05, 3.63) is 23.8 Å². The molecule has 1 aromatic rings. The first-order chi connectivity index (χ1) is 10.3. The Bertz CT molecular complexity index is 535. The van der Waals surface area contributed by atoms with Crippen molar-refractivity contribution in [2.45, 2.75) is 43.1 Å². The van der Waals surface area contributed by atoms with Crippen LogP contribution in [0.3, 0.4) is 0 Å². The topological polar surface area (TPSA) is 84.4 Å². The summed E-state index contributed by atoms with van der Waals surface area (Å²) >= 11 is -1.21. The van der Waals surface area contributed by atoms with Crippen molar-refractivity contribution in [3.8, 4) is 0 Å². The minimum absolute atomic E-state index is 0.346. The van der Waals surface area contributed by atoms with Crippen molar-refractivity contribution in [1.82, 2.24) is 5.32 Å². The Balaban J connectivity index is 2.35. The summed E-state index contributed by atoms with van der Waals surface area (Å²) in [5.41, 5.74) is 0.0944.